The Bertz CT molecular complexity index is 458. The van der Waals surface area contributed by atoms with Gasteiger partial charge in [-0.1, -0.05) is 31.5 Å². The molecule has 110 valence electrons. The molecule has 2 aliphatic carbocycles. The number of nitrogens with one attached hydrogen (secondary N) is 1. The maximum absolute atomic E-state index is 3.68. The van der Waals surface area contributed by atoms with E-state index in [2.05, 4.69) is 44.3 Å². The van der Waals surface area contributed by atoms with E-state index in [-0.39, 0.29) is 0 Å². The average Bonchev–Trinajstić information content (AvgIpc) is 3.02. The normalized spacial score (nSPS) is 31.9. The van der Waals surface area contributed by atoms with Crippen LogP contribution in [-0.4, -0.2) is 13.1 Å². The van der Waals surface area contributed by atoms with Crippen LogP contribution in [0.3, 0.4) is 0 Å². The summed E-state index contributed by atoms with van der Waals surface area (Å²) in [5.41, 5.74) is 5.14. The highest BCUT2D eigenvalue weighted by molar-refractivity contribution is 5.35. The molecule has 0 aliphatic heterocycles. The van der Waals surface area contributed by atoms with Crippen molar-refractivity contribution in [2.45, 2.75) is 52.9 Å². The minimum Gasteiger partial charge on any atom is -0.316 e. The number of aryl methyl sites for hydroxylation is 2. The smallest absolute Gasteiger partial charge is 0.00136 e. The summed E-state index contributed by atoms with van der Waals surface area (Å²) in [6.45, 7) is 9.14. The second-order valence-corrected chi connectivity index (χ2v) is 7.27. The topological polar surface area (TPSA) is 12.0 Å². The molecule has 2 aliphatic rings. The zero-order chi connectivity index (χ0) is 14.2. The lowest BCUT2D eigenvalue weighted by Crippen LogP contribution is -2.40. The zero-order valence-corrected chi connectivity index (χ0v) is 13.3. The van der Waals surface area contributed by atoms with Crippen molar-refractivity contribution in [3.05, 3.63) is 34.9 Å². The van der Waals surface area contributed by atoms with Crippen LogP contribution in [-0.2, 0) is 6.42 Å². The van der Waals surface area contributed by atoms with Crippen molar-refractivity contribution in [3.8, 4) is 0 Å². The van der Waals surface area contributed by atoms with Gasteiger partial charge in [0.1, 0.15) is 0 Å². The molecule has 0 heterocycles. The molecule has 1 nitrogen and oxygen atoms in total. The quantitative estimate of drug-likeness (QED) is 0.843. The van der Waals surface area contributed by atoms with Gasteiger partial charge in [0.15, 0.2) is 0 Å². The predicted octanol–water partition coefficient (Wildman–Crippen LogP) is 4.26. The van der Waals surface area contributed by atoms with Crippen LogP contribution in [0, 0.1) is 31.1 Å². The van der Waals surface area contributed by atoms with Crippen molar-refractivity contribution >= 4 is 0 Å². The van der Waals surface area contributed by atoms with Gasteiger partial charge in [-0.05, 0) is 80.0 Å². The molecule has 1 aromatic carbocycles. The molecule has 1 aromatic rings. The molecule has 0 aromatic heterocycles. The zero-order valence-electron chi connectivity index (χ0n) is 13.3. The molecular weight excluding hydrogens is 242 g/mol. The summed E-state index contributed by atoms with van der Waals surface area (Å²) in [5.74, 6) is 1.98. The van der Waals surface area contributed by atoms with Gasteiger partial charge in [-0.2, -0.15) is 0 Å². The summed E-state index contributed by atoms with van der Waals surface area (Å²) in [6.07, 6.45) is 7.21. The van der Waals surface area contributed by atoms with Gasteiger partial charge in [0.05, 0.1) is 0 Å². The molecule has 0 spiro atoms. The monoisotopic (exact) mass is 271 g/mol. The van der Waals surface area contributed by atoms with Crippen molar-refractivity contribution in [1.29, 1.82) is 0 Å². The summed E-state index contributed by atoms with van der Waals surface area (Å²) >= 11 is 0. The third kappa shape index (κ3) is 2.41. The maximum atomic E-state index is 3.68. The fourth-order valence-electron chi connectivity index (χ4n) is 4.91. The van der Waals surface area contributed by atoms with E-state index in [1.165, 1.54) is 49.8 Å². The van der Waals surface area contributed by atoms with E-state index in [1.54, 1.807) is 5.56 Å². The van der Waals surface area contributed by atoms with Gasteiger partial charge in [-0.25, -0.2) is 0 Å². The Kier molecular flexibility index (Phi) is 3.90. The van der Waals surface area contributed by atoms with E-state index < -0.39 is 0 Å². The molecule has 3 unspecified atom stereocenters. The van der Waals surface area contributed by atoms with Crippen molar-refractivity contribution in [2.75, 3.05) is 13.1 Å². The van der Waals surface area contributed by atoms with Crippen molar-refractivity contribution in [2.24, 2.45) is 17.3 Å². The Hall–Kier alpha value is -0.820. The fraction of sp³-hybridized carbons (Fsp3) is 0.684. The Morgan fingerprint density at radius 2 is 1.95 bits per heavy atom. The number of hydrogen-bond donors (Lipinski definition) is 1. The first-order valence-corrected chi connectivity index (χ1v) is 8.40. The summed E-state index contributed by atoms with van der Waals surface area (Å²) in [4.78, 5) is 0. The van der Waals surface area contributed by atoms with E-state index in [9.17, 15) is 0 Å². The third-order valence-corrected chi connectivity index (χ3v) is 6.00. The second-order valence-electron chi connectivity index (χ2n) is 7.27. The molecule has 3 rings (SSSR count). The first-order chi connectivity index (χ1) is 9.64. The molecule has 3 atom stereocenters. The molecule has 20 heavy (non-hydrogen) atoms. The lowest BCUT2D eigenvalue weighted by molar-refractivity contribution is 0.157. The lowest BCUT2D eigenvalue weighted by Gasteiger charge is -2.39. The molecule has 1 heteroatoms. The SMILES string of the molecule is CCNCC1(Cc2c(C)cccc2C)CC2CCC1C2. The van der Waals surface area contributed by atoms with Gasteiger partial charge in [-0.3, -0.25) is 0 Å². The van der Waals surface area contributed by atoms with Crippen LogP contribution in [0.1, 0.15) is 49.3 Å². The van der Waals surface area contributed by atoms with Gasteiger partial charge in [0.25, 0.3) is 0 Å². The first-order valence-electron chi connectivity index (χ1n) is 8.40. The van der Waals surface area contributed by atoms with Crippen LogP contribution in [0.15, 0.2) is 18.2 Å². The highest BCUT2D eigenvalue weighted by Gasteiger charge is 2.50. The second kappa shape index (κ2) is 5.52. The molecule has 0 saturated heterocycles. The van der Waals surface area contributed by atoms with Crippen LogP contribution in [0.5, 0.6) is 0 Å². The van der Waals surface area contributed by atoms with E-state index in [0.29, 0.717) is 5.41 Å². The standard InChI is InChI=1S/C19H29N/c1-4-20-13-19(11-16-8-9-17(19)10-16)12-18-14(2)6-5-7-15(18)3/h5-7,16-17,20H,4,8-13H2,1-3H3. The van der Waals surface area contributed by atoms with Crippen molar-refractivity contribution in [3.63, 3.8) is 0 Å². The summed E-state index contributed by atoms with van der Waals surface area (Å²) < 4.78 is 0. The van der Waals surface area contributed by atoms with E-state index in [0.717, 1.165) is 18.4 Å². The Balaban J connectivity index is 1.87. The summed E-state index contributed by atoms with van der Waals surface area (Å²) in [5, 5.41) is 3.68. The van der Waals surface area contributed by atoms with Crippen LogP contribution in [0.2, 0.25) is 0 Å². The van der Waals surface area contributed by atoms with Gasteiger partial charge < -0.3 is 5.32 Å². The summed E-state index contributed by atoms with van der Waals surface area (Å²) in [7, 11) is 0. The predicted molar refractivity (Wildman–Crippen MR) is 86.0 cm³/mol. The van der Waals surface area contributed by atoms with Crippen molar-refractivity contribution in [1.82, 2.24) is 5.32 Å². The molecule has 2 fully saturated rings. The molecular formula is C19H29N. The Morgan fingerprint density at radius 1 is 1.20 bits per heavy atom. The number of rotatable bonds is 5. The fourth-order valence-corrected chi connectivity index (χ4v) is 4.91. The van der Waals surface area contributed by atoms with Gasteiger partial charge >= 0.3 is 0 Å². The van der Waals surface area contributed by atoms with Crippen LogP contribution in [0.25, 0.3) is 0 Å². The largest absolute Gasteiger partial charge is 0.316 e. The first kappa shape index (κ1) is 14.1. The third-order valence-electron chi connectivity index (χ3n) is 6.00. The van der Waals surface area contributed by atoms with Crippen LogP contribution in [0.4, 0.5) is 0 Å². The Morgan fingerprint density at radius 3 is 2.50 bits per heavy atom. The van der Waals surface area contributed by atoms with Crippen molar-refractivity contribution < 1.29 is 0 Å². The van der Waals surface area contributed by atoms with Gasteiger partial charge in [0, 0.05) is 6.54 Å². The van der Waals surface area contributed by atoms with Crippen LogP contribution < -0.4 is 5.32 Å². The molecule has 0 amide bonds. The van der Waals surface area contributed by atoms with E-state index >= 15 is 0 Å². The number of benzene rings is 1. The Labute approximate surface area is 124 Å². The summed E-state index contributed by atoms with van der Waals surface area (Å²) in [6, 6.07) is 6.78. The van der Waals surface area contributed by atoms with E-state index in [4.69, 9.17) is 0 Å². The minimum absolute atomic E-state index is 0.538. The van der Waals surface area contributed by atoms with Gasteiger partial charge in [-0.15, -0.1) is 0 Å². The average molecular weight is 271 g/mol. The molecule has 0 radical (unpaired) electrons. The molecule has 2 bridgehead atoms. The number of fused-ring (bicyclic) bond motifs is 2. The highest BCUT2D eigenvalue weighted by atomic mass is 14.9. The lowest BCUT2D eigenvalue weighted by atomic mass is 9.68. The molecule has 1 N–H and O–H groups in total. The minimum atomic E-state index is 0.538. The highest BCUT2D eigenvalue weighted by Crippen LogP contribution is 2.57. The maximum Gasteiger partial charge on any atom is 0.00136 e. The van der Waals surface area contributed by atoms with Gasteiger partial charge in [0.2, 0.25) is 0 Å². The number of hydrogen-bond acceptors (Lipinski definition) is 1. The van der Waals surface area contributed by atoms with Crippen LogP contribution >= 0.6 is 0 Å². The van der Waals surface area contributed by atoms with E-state index in [1.807, 2.05) is 0 Å². The molecule has 2 saturated carbocycles.